The van der Waals surface area contributed by atoms with Crippen LogP contribution in [-0.2, 0) is 38.5 Å². The third-order valence-electron chi connectivity index (χ3n) is 15.3. The van der Waals surface area contributed by atoms with Crippen molar-refractivity contribution in [3.63, 3.8) is 0 Å². The topological polar surface area (TPSA) is 168 Å². The van der Waals surface area contributed by atoms with Crippen LogP contribution in [0, 0.1) is 11.8 Å². The quantitative estimate of drug-likeness (QED) is 0.147. The van der Waals surface area contributed by atoms with E-state index in [9.17, 15) is 19.2 Å². The van der Waals surface area contributed by atoms with Crippen molar-refractivity contribution in [3.8, 4) is 0 Å². The normalized spacial score (nSPS) is 25.9. The SMILES string of the molecule is CN1C(C)(C)CC(=NOC(=O)CC(C(=O)ON=C2CC(C)(C)N(C)C(C)(C)C2)C(CC(=O)ON=C2CC(C)(C)N(C)C(C)(C)C2)C(=O)ON=C2CC(C)(C)N(C)C(C)(C)C2)CC1(C)C. The van der Waals surface area contributed by atoms with Crippen LogP contribution in [0.3, 0.4) is 0 Å². The molecule has 2 atom stereocenters. The Bertz CT molecular complexity index is 1710. The molecule has 0 spiro atoms. The fraction of sp³-hybridized carbons (Fsp3) is 0.833. The lowest BCUT2D eigenvalue weighted by molar-refractivity contribution is -0.167. The van der Waals surface area contributed by atoms with Crippen LogP contribution in [0.1, 0.15) is 175 Å². The molecule has 16 heteroatoms. The van der Waals surface area contributed by atoms with Gasteiger partial charge in [0.05, 0.1) is 47.5 Å². The molecule has 0 saturated carbocycles. The first kappa shape index (κ1) is 53.0. The summed E-state index contributed by atoms with van der Waals surface area (Å²) in [5.41, 5.74) is 0.321. The van der Waals surface area contributed by atoms with E-state index < -0.39 is 48.6 Å². The number of likely N-dealkylation sites (tertiary alicyclic amines) is 4. The van der Waals surface area contributed by atoms with Gasteiger partial charge in [-0.05, 0) is 139 Å². The van der Waals surface area contributed by atoms with Gasteiger partial charge < -0.3 is 19.4 Å². The minimum Gasteiger partial charge on any atom is -0.318 e. The van der Waals surface area contributed by atoms with Crippen LogP contribution < -0.4 is 0 Å². The maximum absolute atomic E-state index is 14.4. The molecule has 16 nitrogen and oxygen atoms in total. The van der Waals surface area contributed by atoms with Crippen molar-refractivity contribution in [1.29, 1.82) is 0 Å². The molecule has 0 bridgehead atoms. The molecule has 4 rings (SSSR count). The third-order valence-corrected chi connectivity index (χ3v) is 15.3. The van der Waals surface area contributed by atoms with Gasteiger partial charge in [0.25, 0.3) is 0 Å². The summed E-state index contributed by atoms with van der Waals surface area (Å²) in [5, 5.41) is 17.2. The highest BCUT2D eigenvalue weighted by Crippen LogP contribution is 2.39. The number of nitrogens with zero attached hydrogens (tertiary/aromatic N) is 8. The van der Waals surface area contributed by atoms with Gasteiger partial charge >= 0.3 is 23.9 Å². The molecule has 0 aromatic carbocycles. The van der Waals surface area contributed by atoms with Crippen LogP contribution >= 0.6 is 0 Å². The van der Waals surface area contributed by atoms with Crippen molar-refractivity contribution >= 4 is 46.7 Å². The average Bonchev–Trinajstić information content (AvgIpc) is 3.14. The van der Waals surface area contributed by atoms with Crippen molar-refractivity contribution in [2.45, 2.75) is 219 Å². The zero-order chi connectivity index (χ0) is 48.8. The molecule has 0 aromatic rings. The average molecular weight is 899 g/mol. The zero-order valence-electron chi connectivity index (χ0n) is 43.1. The summed E-state index contributed by atoms with van der Waals surface area (Å²) >= 11 is 0. The van der Waals surface area contributed by atoms with Gasteiger partial charge in [0.2, 0.25) is 0 Å². The van der Waals surface area contributed by atoms with Crippen LogP contribution in [0.4, 0.5) is 0 Å². The lowest BCUT2D eigenvalue weighted by atomic mass is 9.79. The Morgan fingerprint density at radius 3 is 0.734 bits per heavy atom. The molecule has 0 aromatic heterocycles. The molecule has 0 aliphatic carbocycles. The van der Waals surface area contributed by atoms with Crippen LogP contribution in [0.25, 0.3) is 0 Å². The number of piperidine rings is 4. The van der Waals surface area contributed by atoms with Crippen molar-refractivity contribution < 1.29 is 38.5 Å². The molecule has 4 aliphatic rings. The zero-order valence-corrected chi connectivity index (χ0v) is 43.1. The second kappa shape index (κ2) is 18.6. The summed E-state index contributed by atoms with van der Waals surface area (Å²) in [7, 11) is 8.21. The van der Waals surface area contributed by atoms with Gasteiger partial charge in [0, 0.05) is 95.7 Å². The fourth-order valence-electron chi connectivity index (χ4n) is 10.5. The molecular formula is C48H82N8O8. The van der Waals surface area contributed by atoms with Gasteiger partial charge in [-0.2, -0.15) is 0 Å². The number of hydrogen-bond acceptors (Lipinski definition) is 16. The van der Waals surface area contributed by atoms with E-state index >= 15 is 0 Å². The van der Waals surface area contributed by atoms with Crippen LogP contribution in [0.5, 0.6) is 0 Å². The molecule has 4 saturated heterocycles. The number of oxime groups is 4. The smallest absolute Gasteiger partial charge is 0.318 e. The van der Waals surface area contributed by atoms with Crippen molar-refractivity contribution in [2.24, 2.45) is 32.5 Å². The standard InChI is InChI=1S/C48H82N8O8/c1-41(2)23-31(24-42(3,4)53(41)17)49-61-37(57)21-35(39(59)63-51-33-27-45(9,10)55(19)46(11,12)28-33)36(40(60)64-52-34-29-47(13,14)56(20)48(15,16)30-34)22-38(58)62-50-32-25-43(5,6)54(18)44(7,8)26-32/h35-36H,21-30H2,1-20H3. The van der Waals surface area contributed by atoms with Gasteiger partial charge in [0.1, 0.15) is 0 Å². The maximum atomic E-state index is 14.4. The number of carbonyl (C=O) groups excluding carboxylic acids is 4. The first-order chi connectivity index (χ1) is 28.9. The monoisotopic (exact) mass is 899 g/mol. The van der Waals surface area contributed by atoms with E-state index in [1.165, 1.54) is 0 Å². The first-order valence-electron chi connectivity index (χ1n) is 22.9. The molecule has 4 fully saturated rings. The van der Waals surface area contributed by atoms with E-state index in [2.05, 4.69) is 165 Å². The first-order valence-corrected chi connectivity index (χ1v) is 22.9. The summed E-state index contributed by atoms with van der Waals surface area (Å²) in [5.74, 6) is -7.02. The molecule has 4 aliphatic heterocycles. The Kier molecular flexibility index (Phi) is 15.4. The van der Waals surface area contributed by atoms with E-state index in [1.54, 1.807) is 0 Å². The van der Waals surface area contributed by atoms with Gasteiger partial charge in [-0.25, -0.2) is 19.2 Å². The molecular weight excluding hydrogens is 817 g/mol. The Balaban J connectivity index is 1.73. The molecule has 4 heterocycles. The molecule has 2 unspecified atom stereocenters. The fourth-order valence-corrected chi connectivity index (χ4v) is 10.5. The molecule has 0 radical (unpaired) electrons. The van der Waals surface area contributed by atoms with E-state index in [-0.39, 0.29) is 44.3 Å². The van der Waals surface area contributed by atoms with Gasteiger partial charge in [-0.1, -0.05) is 20.6 Å². The highest BCUT2D eigenvalue weighted by atomic mass is 16.7. The Hall–Kier alpha value is -3.60. The second-order valence-electron chi connectivity index (χ2n) is 24.1. The predicted octanol–water partition coefficient (Wildman–Crippen LogP) is 7.73. The van der Waals surface area contributed by atoms with E-state index in [0.29, 0.717) is 74.2 Å². The minimum atomic E-state index is -1.60. The van der Waals surface area contributed by atoms with Crippen LogP contribution in [0.15, 0.2) is 20.6 Å². The van der Waals surface area contributed by atoms with Gasteiger partial charge in [-0.3, -0.25) is 19.6 Å². The van der Waals surface area contributed by atoms with E-state index in [0.717, 1.165) is 0 Å². The minimum absolute atomic E-state index is 0.271. The Labute approximate surface area is 383 Å². The molecule has 0 N–H and O–H groups in total. The Morgan fingerprint density at radius 1 is 0.375 bits per heavy atom. The van der Waals surface area contributed by atoms with Gasteiger partial charge in [-0.15, -0.1) is 0 Å². The second-order valence-corrected chi connectivity index (χ2v) is 24.1. The van der Waals surface area contributed by atoms with Crippen LogP contribution in [0.2, 0.25) is 0 Å². The summed E-state index contributed by atoms with van der Waals surface area (Å²) < 4.78 is 0. The van der Waals surface area contributed by atoms with E-state index in [4.69, 9.17) is 19.4 Å². The highest BCUT2D eigenvalue weighted by Gasteiger charge is 2.47. The van der Waals surface area contributed by atoms with Crippen LogP contribution in [-0.4, -0.2) is 139 Å². The summed E-state index contributed by atoms with van der Waals surface area (Å²) in [4.78, 5) is 88.0. The molecule has 362 valence electrons. The molecule has 0 amide bonds. The molecule has 64 heavy (non-hydrogen) atoms. The number of carbonyl (C=O) groups is 4. The lowest BCUT2D eigenvalue weighted by Gasteiger charge is -2.51. The van der Waals surface area contributed by atoms with Crippen molar-refractivity contribution in [3.05, 3.63) is 0 Å². The third kappa shape index (κ3) is 12.4. The largest absolute Gasteiger partial charge is 0.339 e. The summed E-state index contributed by atoms with van der Waals surface area (Å²) in [6.07, 6.45) is 2.85. The lowest BCUT2D eigenvalue weighted by Crippen LogP contribution is -2.58. The predicted molar refractivity (Wildman–Crippen MR) is 251 cm³/mol. The number of rotatable bonds is 11. The Morgan fingerprint density at radius 2 is 0.547 bits per heavy atom. The van der Waals surface area contributed by atoms with E-state index in [1.807, 2.05) is 14.1 Å². The van der Waals surface area contributed by atoms with Crippen molar-refractivity contribution in [1.82, 2.24) is 19.6 Å². The summed E-state index contributed by atoms with van der Waals surface area (Å²) in [6, 6.07) is 0. The van der Waals surface area contributed by atoms with Gasteiger partial charge in [0.15, 0.2) is 0 Å². The van der Waals surface area contributed by atoms with Crippen molar-refractivity contribution in [2.75, 3.05) is 28.2 Å². The highest BCUT2D eigenvalue weighted by molar-refractivity contribution is 5.93. The number of hydrogen-bond donors (Lipinski definition) is 0. The maximum Gasteiger partial charge on any atom is 0.339 e. The summed E-state index contributed by atoms with van der Waals surface area (Å²) in [6.45, 7) is 33.4.